The summed E-state index contributed by atoms with van der Waals surface area (Å²) in [5, 5.41) is 18.3. The summed E-state index contributed by atoms with van der Waals surface area (Å²) in [6, 6.07) is 6.10. The Balaban J connectivity index is 2.77. The molecular weight excluding hydrogens is 168 g/mol. The Hall–Kier alpha value is -1.10. The highest BCUT2D eigenvalue weighted by atomic mass is 16.3. The van der Waals surface area contributed by atoms with Gasteiger partial charge in [0.15, 0.2) is 0 Å². The maximum absolute atomic E-state index is 9.55. The second-order valence-corrected chi connectivity index (χ2v) is 2.96. The monoisotopic (exact) mass is 182 g/mol. The van der Waals surface area contributed by atoms with Gasteiger partial charge in [0.2, 0.25) is 0 Å². The average Bonchev–Trinajstić information content (AvgIpc) is 2.17. The van der Waals surface area contributed by atoms with Gasteiger partial charge in [-0.25, -0.2) is 0 Å². The van der Waals surface area contributed by atoms with E-state index < -0.39 is 12.1 Å². The molecule has 0 amide bonds. The third-order valence-electron chi connectivity index (χ3n) is 1.89. The molecule has 1 rings (SSSR count). The molecule has 72 valence electrons. The van der Waals surface area contributed by atoms with Crippen molar-refractivity contribution in [1.82, 2.24) is 0 Å². The first kappa shape index (κ1) is 9.98. The molecule has 0 unspecified atom stereocenters. The summed E-state index contributed by atoms with van der Waals surface area (Å²) in [7, 11) is 0. The molecule has 0 heterocycles. The van der Waals surface area contributed by atoms with E-state index in [1.807, 2.05) is 0 Å². The highest BCUT2D eigenvalue weighted by molar-refractivity contribution is 5.40. The molecule has 0 spiro atoms. The molecule has 6 N–H and O–H groups in total. The van der Waals surface area contributed by atoms with Gasteiger partial charge in [-0.2, -0.15) is 0 Å². The molecule has 0 fully saturated rings. The Bertz CT molecular complexity index is 261. The Labute approximate surface area is 76.8 Å². The predicted molar refractivity (Wildman–Crippen MR) is 50.9 cm³/mol. The smallest absolute Gasteiger partial charge is 0.0963 e. The minimum atomic E-state index is -0.842. The first-order chi connectivity index (χ1) is 6.15. The van der Waals surface area contributed by atoms with Gasteiger partial charge in [0, 0.05) is 5.69 Å². The van der Waals surface area contributed by atoms with Crippen molar-refractivity contribution >= 4 is 5.69 Å². The van der Waals surface area contributed by atoms with Crippen LogP contribution in [-0.2, 0) is 0 Å². The van der Waals surface area contributed by atoms with Crippen molar-refractivity contribution in [2.45, 2.75) is 12.1 Å². The summed E-state index contributed by atoms with van der Waals surface area (Å²) in [4.78, 5) is 0. The van der Waals surface area contributed by atoms with Crippen molar-refractivity contribution in [2.24, 2.45) is 5.73 Å². The number of hydrogen-bond donors (Lipinski definition) is 4. The lowest BCUT2D eigenvalue weighted by atomic mass is 10.0. The van der Waals surface area contributed by atoms with Gasteiger partial charge in [0.1, 0.15) is 0 Å². The molecule has 4 heteroatoms. The van der Waals surface area contributed by atoms with Crippen molar-refractivity contribution in [3.8, 4) is 0 Å². The highest BCUT2D eigenvalue weighted by Crippen LogP contribution is 2.16. The van der Waals surface area contributed by atoms with Gasteiger partial charge in [-0.15, -0.1) is 0 Å². The topological polar surface area (TPSA) is 92.5 Å². The van der Waals surface area contributed by atoms with Gasteiger partial charge in [0.25, 0.3) is 0 Å². The number of nitrogens with two attached hydrogens (primary N) is 2. The predicted octanol–water partition coefficient (Wildman–Crippen LogP) is -0.378. The standard InChI is InChI=1S/C9H14N2O2/c10-7-3-1-6(2-4-7)9(13)8(11)5-12/h1-4,8-9,12-13H,5,10-11H2/t8-,9+/m0/s1. The summed E-state index contributed by atoms with van der Waals surface area (Å²) < 4.78 is 0. The van der Waals surface area contributed by atoms with E-state index in [4.69, 9.17) is 16.6 Å². The van der Waals surface area contributed by atoms with Crippen molar-refractivity contribution in [3.63, 3.8) is 0 Å². The van der Waals surface area contributed by atoms with E-state index in [1.54, 1.807) is 24.3 Å². The number of nitrogen functional groups attached to an aromatic ring is 1. The summed E-state index contributed by atoms with van der Waals surface area (Å²) >= 11 is 0. The SMILES string of the molecule is Nc1ccc([C@@H](O)[C@@H](N)CO)cc1. The first-order valence-electron chi connectivity index (χ1n) is 4.05. The number of hydrogen-bond acceptors (Lipinski definition) is 4. The van der Waals surface area contributed by atoms with Crippen LogP contribution in [0, 0.1) is 0 Å². The minimum Gasteiger partial charge on any atom is -0.399 e. The van der Waals surface area contributed by atoms with Gasteiger partial charge >= 0.3 is 0 Å². The van der Waals surface area contributed by atoms with Crippen LogP contribution in [0.25, 0.3) is 0 Å². The minimum absolute atomic E-state index is 0.245. The quantitative estimate of drug-likeness (QED) is 0.479. The van der Waals surface area contributed by atoms with E-state index >= 15 is 0 Å². The zero-order valence-electron chi connectivity index (χ0n) is 7.22. The lowest BCUT2D eigenvalue weighted by molar-refractivity contribution is 0.109. The fraction of sp³-hybridized carbons (Fsp3) is 0.333. The summed E-state index contributed by atoms with van der Waals surface area (Å²) in [5.74, 6) is 0. The van der Waals surface area contributed by atoms with E-state index in [1.165, 1.54) is 0 Å². The molecule has 1 aromatic rings. The molecule has 0 aliphatic rings. The summed E-state index contributed by atoms with van der Waals surface area (Å²) in [6.07, 6.45) is -0.842. The zero-order chi connectivity index (χ0) is 9.84. The molecule has 0 bridgehead atoms. The molecule has 0 aliphatic heterocycles. The maximum atomic E-state index is 9.55. The molecular formula is C9H14N2O2. The second kappa shape index (κ2) is 4.23. The van der Waals surface area contributed by atoms with Crippen LogP contribution in [0.5, 0.6) is 0 Å². The van der Waals surface area contributed by atoms with E-state index in [0.717, 1.165) is 0 Å². The number of anilines is 1. The van der Waals surface area contributed by atoms with Crippen LogP contribution in [0.15, 0.2) is 24.3 Å². The largest absolute Gasteiger partial charge is 0.399 e. The van der Waals surface area contributed by atoms with Gasteiger partial charge in [-0.1, -0.05) is 12.1 Å². The molecule has 0 aromatic heterocycles. The fourth-order valence-corrected chi connectivity index (χ4v) is 1.04. The van der Waals surface area contributed by atoms with E-state index in [0.29, 0.717) is 11.3 Å². The van der Waals surface area contributed by atoms with Gasteiger partial charge < -0.3 is 21.7 Å². The normalized spacial score (nSPS) is 15.3. The number of aliphatic hydroxyl groups excluding tert-OH is 2. The molecule has 1 aromatic carbocycles. The van der Waals surface area contributed by atoms with E-state index in [-0.39, 0.29) is 6.61 Å². The second-order valence-electron chi connectivity index (χ2n) is 2.96. The van der Waals surface area contributed by atoms with Crippen molar-refractivity contribution < 1.29 is 10.2 Å². The van der Waals surface area contributed by atoms with Crippen molar-refractivity contribution in [3.05, 3.63) is 29.8 Å². The Kier molecular flexibility index (Phi) is 3.25. The van der Waals surface area contributed by atoms with Gasteiger partial charge in [-0.05, 0) is 17.7 Å². The zero-order valence-corrected chi connectivity index (χ0v) is 7.22. The Morgan fingerprint density at radius 2 is 1.77 bits per heavy atom. The third-order valence-corrected chi connectivity index (χ3v) is 1.89. The van der Waals surface area contributed by atoms with Gasteiger partial charge in [-0.3, -0.25) is 0 Å². The Morgan fingerprint density at radius 3 is 2.23 bits per heavy atom. The fourth-order valence-electron chi connectivity index (χ4n) is 1.04. The maximum Gasteiger partial charge on any atom is 0.0963 e. The van der Waals surface area contributed by atoms with Crippen molar-refractivity contribution in [1.29, 1.82) is 0 Å². The van der Waals surface area contributed by atoms with Crippen LogP contribution in [-0.4, -0.2) is 22.9 Å². The van der Waals surface area contributed by atoms with E-state index in [2.05, 4.69) is 0 Å². The number of benzene rings is 1. The molecule has 0 saturated heterocycles. The highest BCUT2D eigenvalue weighted by Gasteiger charge is 2.15. The summed E-state index contributed by atoms with van der Waals surface area (Å²) in [6.45, 7) is -0.245. The Morgan fingerprint density at radius 1 is 1.23 bits per heavy atom. The lowest BCUT2D eigenvalue weighted by Gasteiger charge is -2.16. The summed E-state index contributed by atoms with van der Waals surface area (Å²) in [5.41, 5.74) is 12.2. The van der Waals surface area contributed by atoms with Crippen LogP contribution in [0.4, 0.5) is 5.69 Å². The van der Waals surface area contributed by atoms with Gasteiger partial charge in [0.05, 0.1) is 18.8 Å². The molecule has 0 saturated carbocycles. The molecule has 4 nitrogen and oxygen atoms in total. The molecule has 2 atom stereocenters. The number of aliphatic hydroxyl groups is 2. The first-order valence-corrected chi connectivity index (χ1v) is 4.05. The van der Waals surface area contributed by atoms with Crippen LogP contribution in [0.1, 0.15) is 11.7 Å². The van der Waals surface area contributed by atoms with Crippen LogP contribution in [0.2, 0.25) is 0 Å². The molecule has 0 aliphatic carbocycles. The third kappa shape index (κ3) is 2.42. The molecule has 13 heavy (non-hydrogen) atoms. The van der Waals surface area contributed by atoms with Crippen LogP contribution < -0.4 is 11.5 Å². The lowest BCUT2D eigenvalue weighted by Crippen LogP contribution is -2.31. The van der Waals surface area contributed by atoms with Crippen LogP contribution in [0.3, 0.4) is 0 Å². The van der Waals surface area contributed by atoms with Crippen molar-refractivity contribution in [2.75, 3.05) is 12.3 Å². The van der Waals surface area contributed by atoms with E-state index in [9.17, 15) is 5.11 Å². The van der Waals surface area contributed by atoms with Crippen LogP contribution >= 0.6 is 0 Å². The molecule has 0 radical (unpaired) electrons. The number of rotatable bonds is 3. The average molecular weight is 182 g/mol.